The zero-order valence-electron chi connectivity index (χ0n) is 12.0. The summed E-state index contributed by atoms with van der Waals surface area (Å²) < 4.78 is 10.0. The van der Waals surface area contributed by atoms with Crippen LogP contribution in [0, 0.1) is 10.1 Å². The molecular formula is C14H10N4O5S. The first-order valence-electron chi connectivity index (χ1n) is 6.61. The molecule has 0 fully saturated rings. The number of esters is 1. The lowest BCUT2D eigenvalue weighted by atomic mass is 10.2. The number of nitrogens with two attached hydrogens (primary N) is 1. The summed E-state index contributed by atoms with van der Waals surface area (Å²) in [6, 6.07) is 5.51. The van der Waals surface area contributed by atoms with Crippen molar-refractivity contribution in [3.63, 3.8) is 0 Å². The molecule has 0 aliphatic heterocycles. The maximum atomic E-state index is 12.0. The molecule has 0 saturated heterocycles. The molecule has 24 heavy (non-hydrogen) atoms. The molecular weight excluding hydrogens is 336 g/mol. The smallest absolute Gasteiger partial charge is 0.338 e. The maximum Gasteiger partial charge on any atom is 0.338 e. The molecule has 2 aromatic heterocycles. The van der Waals surface area contributed by atoms with Crippen LogP contribution in [0.25, 0.3) is 11.4 Å². The van der Waals surface area contributed by atoms with Gasteiger partial charge in [0.25, 0.3) is 11.6 Å². The molecule has 0 aliphatic rings. The number of ether oxygens (including phenoxy) is 1. The molecule has 0 atom stereocenters. The molecule has 122 valence electrons. The first-order valence-corrected chi connectivity index (χ1v) is 7.55. The predicted molar refractivity (Wildman–Crippen MR) is 84.2 cm³/mol. The van der Waals surface area contributed by atoms with E-state index in [4.69, 9.17) is 15.0 Å². The molecule has 3 aromatic rings. The molecule has 1 aromatic carbocycles. The molecule has 0 unspecified atom stereocenters. The third kappa shape index (κ3) is 3.22. The van der Waals surface area contributed by atoms with E-state index in [1.807, 2.05) is 16.8 Å². The van der Waals surface area contributed by atoms with Crippen LogP contribution in [0.15, 0.2) is 39.5 Å². The van der Waals surface area contributed by atoms with Gasteiger partial charge in [-0.05, 0) is 23.6 Å². The van der Waals surface area contributed by atoms with Crippen LogP contribution in [0.1, 0.15) is 16.2 Å². The second kappa shape index (κ2) is 6.46. The summed E-state index contributed by atoms with van der Waals surface area (Å²) in [5.74, 6) is -0.242. The number of carbonyl (C=O) groups is 1. The minimum absolute atomic E-state index is 0.00785. The fraction of sp³-hybridized carbons (Fsp3) is 0.0714. The van der Waals surface area contributed by atoms with Crippen molar-refractivity contribution in [3.05, 3.63) is 56.6 Å². The quantitative estimate of drug-likeness (QED) is 0.322. The van der Waals surface area contributed by atoms with Crippen LogP contribution in [0.4, 0.5) is 11.4 Å². The number of anilines is 1. The summed E-state index contributed by atoms with van der Waals surface area (Å²) in [4.78, 5) is 26.2. The van der Waals surface area contributed by atoms with E-state index in [1.165, 1.54) is 23.5 Å². The van der Waals surface area contributed by atoms with Gasteiger partial charge in [0, 0.05) is 17.0 Å². The van der Waals surface area contributed by atoms with E-state index >= 15 is 0 Å². The van der Waals surface area contributed by atoms with Crippen molar-refractivity contribution >= 4 is 28.7 Å². The van der Waals surface area contributed by atoms with Gasteiger partial charge >= 0.3 is 5.97 Å². The van der Waals surface area contributed by atoms with E-state index in [0.717, 1.165) is 11.6 Å². The molecule has 9 nitrogen and oxygen atoms in total. The molecule has 0 amide bonds. The minimum Gasteiger partial charge on any atom is -0.452 e. The fourth-order valence-electron chi connectivity index (χ4n) is 1.86. The summed E-state index contributed by atoms with van der Waals surface area (Å²) in [6.07, 6.45) is 0. The number of carbonyl (C=O) groups excluding carboxylic acids is 1. The Kier molecular flexibility index (Phi) is 4.20. The summed E-state index contributed by atoms with van der Waals surface area (Å²) in [5, 5.41) is 18.3. The van der Waals surface area contributed by atoms with Crippen LogP contribution < -0.4 is 5.73 Å². The van der Waals surface area contributed by atoms with Crippen LogP contribution in [0.5, 0.6) is 0 Å². The molecule has 0 spiro atoms. The number of hydrogen-bond acceptors (Lipinski definition) is 9. The Balaban J connectivity index is 1.68. The first kappa shape index (κ1) is 15.6. The SMILES string of the molecule is Nc1ccc(C(=O)OCc2nc(-c3ccsc3)no2)cc1[N+](=O)[O-]. The summed E-state index contributed by atoms with van der Waals surface area (Å²) in [6.45, 7) is -0.242. The molecule has 2 heterocycles. The van der Waals surface area contributed by atoms with E-state index in [1.54, 1.807) is 0 Å². The normalized spacial score (nSPS) is 10.5. The highest BCUT2D eigenvalue weighted by atomic mass is 32.1. The Bertz CT molecular complexity index is 890. The zero-order valence-corrected chi connectivity index (χ0v) is 12.9. The van der Waals surface area contributed by atoms with E-state index < -0.39 is 10.9 Å². The maximum absolute atomic E-state index is 12.0. The highest BCUT2D eigenvalue weighted by molar-refractivity contribution is 7.08. The van der Waals surface area contributed by atoms with E-state index in [9.17, 15) is 14.9 Å². The van der Waals surface area contributed by atoms with Gasteiger partial charge in [0.2, 0.25) is 5.82 Å². The third-order valence-corrected chi connectivity index (χ3v) is 3.72. The van der Waals surface area contributed by atoms with Crippen molar-refractivity contribution in [2.24, 2.45) is 0 Å². The largest absolute Gasteiger partial charge is 0.452 e. The average Bonchev–Trinajstić information content (AvgIpc) is 3.24. The van der Waals surface area contributed by atoms with Gasteiger partial charge in [-0.3, -0.25) is 10.1 Å². The third-order valence-electron chi connectivity index (χ3n) is 3.04. The van der Waals surface area contributed by atoms with Gasteiger partial charge in [-0.2, -0.15) is 16.3 Å². The highest BCUT2D eigenvalue weighted by Gasteiger charge is 2.18. The van der Waals surface area contributed by atoms with Crippen molar-refractivity contribution in [2.45, 2.75) is 6.61 Å². The number of thiophene rings is 1. The van der Waals surface area contributed by atoms with Gasteiger partial charge in [0.15, 0.2) is 6.61 Å². The number of nitrogen functional groups attached to an aromatic ring is 1. The zero-order chi connectivity index (χ0) is 17.1. The lowest BCUT2D eigenvalue weighted by molar-refractivity contribution is -0.383. The number of nitro groups is 1. The molecule has 0 saturated carbocycles. The van der Waals surface area contributed by atoms with E-state index in [-0.39, 0.29) is 29.4 Å². The van der Waals surface area contributed by atoms with Crippen LogP contribution in [0.2, 0.25) is 0 Å². The molecule has 2 N–H and O–H groups in total. The predicted octanol–water partition coefficient (Wildman–Crippen LogP) is 2.65. The number of aromatic nitrogens is 2. The number of nitro benzene ring substituents is 1. The van der Waals surface area contributed by atoms with Crippen LogP contribution >= 0.6 is 11.3 Å². The Morgan fingerprint density at radius 1 is 1.42 bits per heavy atom. The van der Waals surface area contributed by atoms with E-state index in [2.05, 4.69) is 10.1 Å². The highest BCUT2D eigenvalue weighted by Crippen LogP contribution is 2.23. The van der Waals surface area contributed by atoms with Gasteiger partial charge in [0.1, 0.15) is 5.69 Å². The molecule has 10 heteroatoms. The summed E-state index contributed by atoms with van der Waals surface area (Å²) in [5.41, 5.74) is 5.89. The average molecular weight is 346 g/mol. The second-order valence-corrected chi connectivity index (χ2v) is 5.41. The lowest BCUT2D eigenvalue weighted by Crippen LogP contribution is -2.07. The summed E-state index contributed by atoms with van der Waals surface area (Å²) in [7, 11) is 0. The Labute approximate surface area is 138 Å². The molecule has 0 aliphatic carbocycles. The molecule has 0 radical (unpaired) electrons. The van der Waals surface area contributed by atoms with Crippen LogP contribution in [0.3, 0.4) is 0 Å². The monoisotopic (exact) mass is 346 g/mol. The van der Waals surface area contributed by atoms with Gasteiger partial charge < -0.3 is 15.0 Å². The van der Waals surface area contributed by atoms with Crippen molar-refractivity contribution in [3.8, 4) is 11.4 Å². The Morgan fingerprint density at radius 2 is 2.25 bits per heavy atom. The number of nitrogens with zero attached hydrogens (tertiary/aromatic N) is 3. The van der Waals surface area contributed by atoms with Gasteiger partial charge in [0.05, 0.1) is 10.5 Å². The van der Waals surface area contributed by atoms with Crippen molar-refractivity contribution in [1.82, 2.24) is 10.1 Å². The van der Waals surface area contributed by atoms with Gasteiger partial charge in [-0.15, -0.1) is 0 Å². The van der Waals surface area contributed by atoms with Crippen LogP contribution in [-0.2, 0) is 11.3 Å². The first-order chi connectivity index (χ1) is 11.5. The van der Waals surface area contributed by atoms with Crippen molar-refractivity contribution in [1.29, 1.82) is 0 Å². The van der Waals surface area contributed by atoms with Crippen molar-refractivity contribution < 1.29 is 19.0 Å². The minimum atomic E-state index is -0.756. The van der Waals surface area contributed by atoms with Crippen molar-refractivity contribution in [2.75, 3.05) is 5.73 Å². The topological polar surface area (TPSA) is 134 Å². The number of benzene rings is 1. The lowest BCUT2D eigenvalue weighted by Gasteiger charge is -2.03. The Hall–Kier alpha value is -3.27. The van der Waals surface area contributed by atoms with E-state index in [0.29, 0.717) is 5.82 Å². The number of hydrogen-bond donors (Lipinski definition) is 1. The fourth-order valence-corrected chi connectivity index (χ4v) is 2.50. The summed E-state index contributed by atoms with van der Waals surface area (Å²) >= 11 is 1.49. The second-order valence-electron chi connectivity index (χ2n) is 4.63. The Morgan fingerprint density at radius 3 is 2.96 bits per heavy atom. The standard InChI is InChI=1S/C14H10N4O5S/c15-10-2-1-8(5-11(10)18(20)21)14(19)22-6-12-16-13(17-23-12)9-3-4-24-7-9/h1-5,7H,6,15H2. The number of rotatable bonds is 5. The van der Waals surface area contributed by atoms with Gasteiger partial charge in [-0.25, -0.2) is 4.79 Å². The van der Waals surface area contributed by atoms with Crippen LogP contribution in [-0.4, -0.2) is 21.0 Å². The van der Waals surface area contributed by atoms with Gasteiger partial charge in [-0.1, -0.05) is 5.16 Å². The molecule has 0 bridgehead atoms. The molecule has 3 rings (SSSR count).